The van der Waals surface area contributed by atoms with Gasteiger partial charge in [-0.05, 0) is 51.0 Å². The quantitative estimate of drug-likeness (QED) is 0.461. The van der Waals surface area contributed by atoms with E-state index >= 15 is 0 Å². The fourth-order valence-electron chi connectivity index (χ4n) is 5.89. The zero-order valence-electron chi connectivity index (χ0n) is 22.2. The maximum atomic E-state index is 13.6. The molecule has 0 saturated carbocycles. The minimum absolute atomic E-state index is 0.0375. The van der Waals surface area contributed by atoms with Gasteiger partial charge in [0.25, 0.3) is 0 Å². The van der Waals surface area contributed by atoms with E-state index in [0.29, 0.717) is 25.5 Å². The number of aromatic nitrogens is 2. The Morgan fingerprint density at radius 3 is 2.49 bits per heavy atom. The Labute approximate surface area is 222 Å². The molecule has 3 atom stereocenters. The van der Waals surface area contributed by atoms with E-state index in [-0.39, 0.29) is 29.7 Å². The first-order valence-corrected chi connectivity index (χ1v) is 13.7. The monoisotopic (exact) mass is 518 g/mol. The Morgan fingerprint density at radius 1 is 1.19 bits per heavy atom. The molecule has 2 aliphatic heterocycles. The average Bonchev–Trinajstić information content (AvgIpc) is 2.86. The molecule has 2 aromatic carbocycles. The fourth-order valence-corrected chi connectivity index (χ4v) is 7.26. The minimum atomic E-state index is -0.255. The van der Waals surface area contributed by atoms with Gasteiger partial charge < -0.3 is 14.5 Å². The molecule has 0 aliphatic carbocycles. The number of carbonyl (C=O) groups is 1. The molecule has 0 spiro atoms. The van der Waals surface area contributed by atoms with Gasteiger partial charge in [0.15, 0.2) is 0 Å². The zero-order valence-corrected chi connectivity index (χ0v) is 23.0. The van der Waals surface area contributed by atoms with Crippen molar-refractivity contribution in [2.45, 2.75) is 50.7 Å². The van der Waals surface area contributed by atoms with Gasteiger partial charge in [0.1, 0.15) is 5.82 Å². The first-order valence-electron chi connectivity index (χ1n) is 12.7. The second-order valence-electron chi connectivity index (χ2n) is 10.2. The molecule has 1 unspecified atom stereocenters. The van der Waals surface area contributed by atoms with E-state index in [1.54, 1.807) is 18.9 Å². The van der Waals surface area contributed by atoms with Gasteiger partial charge in [-0.3, -0.25) is 9.36 Å². The Kier molecular flexibility index (Phi) is 6.89. The third-order valence-corrected chi connectivity index (χ3v) is 8.71. The number of benzene rings is 2. The SMILES string of the molecule is C=CC(=O)N1[C@H](C)CN(c2nc(=O)n3c4c(c(-c5ccc(C)cc5)c(C)cc24)SCC3COC)C[C@@H]1C. The molecule has 1 aromatic heterocycles. The van der Waals surface area contributed by atoms with E-state index in [1.807, 2.05) is 23.3 Å². The van der Waals surface area contributed by atoms with Crippen LogP contribution in [-0.2, 0) is 9.53 Å². The highest BCUT2D eigenvalue weighted by molar-refractivity contribution is 7.99. The lowest BCUT2D eigenvalue weighted by Gasteiger charge is -2.45. The van der Waals surface area contributed by atoms with Crippen LogP contribution in [0.3, 0.4) is 0 Å². The van der Waals surface area contributed by atoms with Gasteiger partial charge in [0.05, 0.1) is 18.2 Å². The number of aryl methyl sites for hydroxylation is 2. The van der Waals surface area contributed by atoms with E-state index in [9.17, 15) is 9.59 Å². The molecule has 1 amide bonds. The van der Waals surface area contributed by atoms with Crippen molar-refractivity contribution in [1.29, 1.82) is 0 Å². The molecule has 2 aliphatic rings. The first-order chi connectivity index (χ1) is 17.7. The maximum Gasteiger partial charge on any atom is 0.350 e. The van der Waals surface area contributed by atoms with Crippen LogP contribution >= 0.6 is 11.8 Å². The summed E-state index contributed by atoms with van der Waals surface area (Å²) in [6.45, 7) is 13.6. The number of rotatable bonds is 5. The number of anilines is 1. The predicted molar refractivity (Wildman–Crippen MR) is 151 cm³/mol. The number of piperazine rings is 1. The lowest BCUT2D eigenvalue weighted by atomic mass is 9.96. The molecule has 1 saturated heterocycles. The van der Waals surface area contributed by atoms with Crippen molar-refractivity contribution in [3.63, 3.8) is 0 Å². The summed E-state index contributed by atoms with van der Waals surface area (Å²) in [5, 5.41) is 0.971. The highest BCUT2D eigenvalue weighted by atomic mass is 32.2. The van der Waals surface area contributed by atoms with Crippen LogP contribution in [0.1, 0.15) is 31.0 Å². The van der Waals surface area contributed by atoms with Crippen LogP contribution in [0.4, 0.5) is 5.82 Å². The number of amides is 1. The fraction of sp³-hybridized carbons (Fsp3) is 0.414. The molecule has 3 heterocycles. The molecule has 0 radical (unpaired) electrons. The van der Waals surface area contributed by atoms with Gasteiger partial charge in [-0.25, -0.2) is 4.79 Å². The van der Waals surface area contributed by atoms with Crippen molar-refractivity contribution < 1.29 is 9.53 Å². The van der Waals surface area contributed by atoms with Gasteiger partial charge in [0, 0.05) is 53.9 Å². The molecular formula is C29H34N4O3S. The maximum absolute atomic E-state index is 13.6. The summed E-state index contributed by atoms with van der Waals surface area (Å²) in [5.41, 5.74) is 5.35. The summed E-state index contributed by atoms with van der Waals surface area (Å²) in [5.74, 6) is 1.37. The van der Waals surface area contributed by atoms with Crippen molar-refractivity contribution in [2.75, 3.05) is 37.5 Å². The molecule has 194 valence electrons. The minimum Gasteiger partial charge on any atom is -0.383 e. The van der Waals surface area contributed by atoms with Gasteiger partial charge in [0.2, 0.25) is 5.91 Å². The zero-order chi connectivity index (χ0) is 26.4. The molecule has 7 nitrogen and oxygen atoms in total. The van der Waals surface area contributed by atoms with Crippen molar-refractivity contribution in [3.8, 4) is 11.1 Å². The van der Waals surface area contributed by atoms with Crippen molar-refractivity contribution in [1.82, 2.24) is 14.5 Å². The molecular weight excluding hydrogens is 484 g/mol. The molecule has 1 fully saturated rings. The lowest BCUT2D eigenvalue weighted by Crippen LogP contribution is -2.58. The number of ether oxygens (including phenoxy) is 1. The van der Waals surface area contributed by atoms with Gasteiger partial charge in [-0.15, -0.1) is 11.8 Å². The normalized spacial score (nSPS) is 21.4. The molecule has 8 heteroatoms. The Hall–Kier alpha value is -3.10. The third-order valence-electron chi connectivity index (χ3n) is 7.47. The third kappa shape index (κ3) is 4.36. The van der Waals surface area contributed by atoms with Crippen LogP contribution < -0.4 is 10.6 Å². The van der Waals surface area contributed by atoms with Gasteiger partial charge >= 0.3 is 5.69 Å². The van der Waals surface area contributed by atoms with Crippen molar-refractivity contribution in [2.24, 2.45) is 0 Å². The molecule has 5 rings (SSSR count). The van der Waals surface area contributed by atoms with Crippen LogP contribution in [0, 0.1) is 13.8 Å². The summed E-state index contributed by atoms with van der Waals surface area (Å²) in [4.78, 5) is 35.9. The first kappa shape index (κ1) is 25.5. The Balaban J connectivity index is 1.73. The molecule has 0 N–H and O–H groups in total. The molecule has 0 bridgehead atoms. The number of hydrogen-bond acceptors (Lipinski definition) is 6. The average molecular weight is 519 g/mol. The van der Waals surface area contributed by atoms with Crippen LogP contribution in [0.5, 0.6) is 0 Å². The molecule has 3 aromatic rings. The Bertz CT molecular complexity index is 1420. The summed E-state index contributed by atoms with van der Waals surface area (Å²) >= 11 is 1.79. The molecule has 37 heavy (non-hydrogen) atoms. The van der Waals surface area contributed by atoms with Gasteiger partial charge in [-0.1, -0.05) is 36.4 Å². The second-order valence-corrected chi connectivity index (χ2v) is 11.3. The predicted octanol–water partition coefficient (Wildman–Crippen LogP) is 4.59. The number of methoxy groups -OCH3 is 1. The van der Waals surface area contributed by atoms with Crippen LogP contribution in [0.25, 0.3) is 22.0 Å². The van der Waals surface area contributed by atoms with Crippen molar-refractivity contribution >= 4 is 34.4 Å². The second kappa shape index (κ2) is 9.99. The summed E-state index contributed by atoms with van der Waals surface area (Å²) in [6.07, 6.45) is 1.37. The Morgan fingerprint density at radius 2 is 1.86 bits per heavy atom. The highest BCUT2D eigenvalue weighted by Crippen LogP contribution is 2.46. The number of thioether (sulfide) groups is 1. The summed E-state index contributed by atoms with van der Waals surface area (Å²) < 4.78 is 7.34. The largest absolute Gasteiger partial charge is 0.383 e. The standard InChI is InChI=1S/C29H34N4O3S/c1-7-24(34)32-19(4)13-31(14-20(32)5)28-23-12-18(3)25(21-10-8-17(2)9-11-21)27-26(23)33(29(35)30-28)22(15-36-6)16-37-27/h7-12,19-20,22H,1,13-16H2,2-6H3/t19-,20+,22?. The smallest absolute Gasteiger partial charge is 0.350 e. The van der Waals surface area contributed by atoms with Crippen LogP contribution in [0.2, 0.25) is 0 Å². The number of hydrogen-bond donors (Lipinski definition) is 0. The van der Waals surface area contributed by atoms with E-state index in [4.69, 9.17) is 4.74 Å². The van der Waals surface area contributed by atoms with Gasteiger partial charge in [-0.2, -0.15) is 4.98 Å². The van der Waals surface area contributed by atoms with E-state index in [0.717, 1.165) is 32.7 Å². The van der Waals surface area contributed by atoms with Crippen molar-refractivity contribution in [3.05, 3.63) is 64.6 Å². The van der Waals surface area contributed by atoms with E-state index < -0.39 is 0 Å². The summed E-state index contributed by atoms with van der Waals surface area (Å²) in [7, 11) is 1.67. The number of carbonyl (C=O) groups excluding carboxylic acids is 1. The van der Waals surface area contributed by atoms with E-state index in [2.05, 4.69) is 60.6 Å². The van der Waals surface area contributed by atoms with Crippen LogP contribution in [0.15, 0.2) is 52.7 Å². The lowest BCUT2D eigenvalue weighted by molar-refractivity contribution is -0.130. The number of nitrogens with zero attached hydrogens (tertiary/aromatic N) is 4. The van der Waals surface area contributed by atoms with E-state index in [1.165, 1.54) is 17.2 Å². The summed E-state index contributed by atoms with van der Waals surface area (Å²) in [6, 6.07) is 10.6. The highest BCUT2D eigenvalue weighted by Gasteiger charge is 2.35. The van der Waals surface area contributed by atoms with Crippen LogP contribution in [-0.4, -0.2) is 65.0 Å². The topological polar surface area (TPSA) is 67.7 Å².